The van der Waals surface area contributed by atoms with Crippen molar-refractivity contribution in [3.05, 3.63) is 29.1 Å². The minimum absolute atomic E-state index is 0.00468. The molecule has 76 valence electrons. The minimum atomic E-state index is -0.539. The van der Waals surface area contributed by atoms with Crippen LogP contribution in [0.3, 0.4) is 0 Å². The average Bonchev–Trinajstić information content (AvgIpc) is 2.17. The van der Waals surface area contributed by atoms with Gasteiger partial charge in [0, 0.05) is 7.05 Å². The summed E-state index contributed by atoms with van der Waals surface area (Å²) in [5, 5.41) is 2.36. The Labute approximate surface area is 81.9 Å². The Balaban J connectivity index is 3.24. The molecule has 0 heterocycles. The van der Waals surface area contributed by atoms with Crippen molar-refractivity contribution in [3.8, 4) is 5.75 Å². The quantitative estimate of drug-likeness (QED) is 0.780. The first-order chi connectivity index (χ1) is 6.60. The molecule has 0 radical (unpaired) electrons. The number of carbonyl (C=O) groups excluding carboxylic acids is 1. The molecule has 0 unspecified atom stereocenters. The largest absolute Gasteiger partial charge is 0.496 e. The fourth-order valence-electron chi connectivity index (χ4n) is 1.18. The Morgan fingerprint density at radius 3 is 2.64 bits per heavy atom. The molecule has 14 heavy (non-hydrogen) atoms. The molecule has 1 amide bonds. The number of ether oxygens (including phenoxy) is 1. The first kappa shape index (κ1) is 10.5. The van der Waals surface area contributed by atoms with Gasteiger partial charge in [-0.25, -0.2) is 4.39 Å². The lowest BCUT2D eigenvalue weighted by molar-refractivity contribution is 0.0958. The maximum atomic E-state index is 13.3. The van der Waals surface area contributed by atoms with Crippen molar-refractivity contribution < 1.29 is 13.9 Å². The molecule has 0 atom stereocenters. The van der Waals surface area contributed by atoms with Crippen LogP contribution in [-0.2, 0) is 0 Å². The monoisotopic (exact) mass is 197 g/mol. The molecule has 1 N–H and O–H groups in total. The van der Waals surface area contributed by atoms with Crippen LogP contribution in [0.15, 0.2) is 12.1 Å². The van der Waals surface area contributed by atoms with Gasteiger partial charge in [-0.1, -0.05) is 0 Å². The van der Waals surface area contributed by atoms with Crippen molar-refractivity contribution in [1.82, 2.24) is 5.32 Å². The maximum Gasteiger partial charge on any atom is 0.254 e. The maximum absolute atomic E-state index is 13.3. The first-order valence-electron chi connectivity index (χ1n) is 4.16. The standard InChI is InChI=1S/C10H12FNO2/c1-6-4-8(11)7(10(13)12-2)5-9(6)14-3/h4-5H,1-3H3,(H,12,13). The number of methoxy groups -OCH3 is 1. The molecule has 0 saturated heterocycles. The van der Waals surface area contributed by atoms with Crippen LogP contribution in [0.4, 0.5) is 4.39 Å². The Morgan fingerprint density at radius 1 is 1.50 bits per heavy atom. The van der Waals surface area contributed by atoms with Crippen LogP contribution in [-0.4, -0.2) is 20.1 Å². The lowest BCUT2D eigenvalue weighted by Crippen LogP contribution is -2.19. The smallest absolute Gasteiger partial charge is 0.254 e. The zero-order chi connectivity index (χ0) is 10.7. The Hall–Kier alpha value is -1.58. The summed E-state index contributed by atoms with van der Waals surface area (Å²) in [5.41, 5.74) is 0.660. The van der Waals surface area contributed by atoms with E-state index < -0.39 is 11.7 Å². The van der Waals surface area contributed by atoms with Crippen LogP contribution in [0.25, 0.3) is 0 Å². The lowest BCUT2D eigenvalue weighted by Gasteiger charge is -2.07. The van der Waals surface area contributed by atoms with E-state index in [9.17, 15) is 9.18 Å². The third-order valence-electron chi connectivity index (χ3n) is 1.96. The van der Waals surface area contributed by atoms with E-state index in [2.05, 4.69) is 5.32 Å². The summed E-state index contributed by atoms with van der Waals surface area (Å²) in [5.74, 6) is -0.492. The highest BCUT2D eigenvalue weighted by molar-refractivity contribution is 5.94. The molecule has 0 fully saturated rings. The number of aryl methyl sites for hydroxylation is 1. The number of halogens is 1. The number of nitrogens with one attached hydrogen (secondary N) is 1. The van der Waals surface area contributed by atoms with E-state index in [1.165, 1.54) is 26.3 Å². The molecule has 1 aromatic carbocycles. The predicted molar refractivity (Wildman–Crippen MR) is 51.1 cm³/mol. The molecule has 0 spiro atoms. The molecule has 0 bridgehead atoms. The predicted octanol–water partition coefficient (Wildman–Crippen LogP) is 1.50. The van der Waals surface area contributed by atoms with E-state index in [-0.39, 0.29) is 5.56 Å². The van der Waals surface area contributed by atoms with Gasteiger partial charge < -0.3 is 10.1 Å². The van der Waals surface area contributed by atoms with Crippen molar-refractivity contribution in [2.24, 2.45) is 0 Å². The van der Waals surface area contributed by atoms with Crippen molar-refractivity contribution >= 4 is 5.91 Å². The van der Waals surface area contributed by atoms with Gasteiger partial charge in [-0.2, -0.15) is 0 Å². The molecular weight excluding hydrogens is 185 g/mol. The normalized spacial score (nSPS) is 9.71. The first-order valence-corrected chi connectivity index (χ1v) is 4.16. The number of rotatable bonds is 2. The Kier molecular flexibility index (Phi) is 3.06. The van der Waals surface area contributed by atoms with E-state index in [4.69, 9.17) is 4.74 Å². The Morgan fingerprint density at radius 2 is 2.14 bits per heavy atom. The molecule has 1 rings (SSSR count). The van der Waals surface area contributed by atoms with E-state index in [1.807, 2.05) is 0 Å². The zero-order valence-corrected chi connectivity index (χ0v) is 8.35. The number of hydrogen-bond donors (Lipinski definition) is 1. The minimum Gasteiger partial charge on any atom is -0.496 e. The summed E-state index contributed by atoms with van der Waals surface area (Å²) in [6.07, 6.45) is 0. The summed E-state index contributed by atoms with van der Waals surface area (Å²) in [7, 11) is 2.93. The van der Waals surface area contributed by atoms with Gasteiger partial charge in [0.1, 0.15) is 11.6 Å². The van der Waals surface area contributed by atoms with Crippen LogP contribution in [0.1, 0.15) is 15.9 Å². The zero-order valence-electron chi connectivity index (χ0n) is 8.35. The second-order valence-corrected chi connectivity index (χ2v) is 2.88. The highest BCUT2D eigenvalue weighted by Gasteiger charge is 2.13. The molecule has 4 heteroatoms. The van der Waals surface area contributed by atoms with Crippen LogP contribution >= 0.6 is 0 Å². The van der Waals surface area contributed by atoms with Gasteiger partial charge >= 0.3 is 0 Å². The van der Waals surface area contributed by atoms with E-state index >= 15 is 0 Å². The number of hydrogen-bond acceptors (Lipinski definition) is 2. The third kappa shape index (κ3) is 1.84. The van der Waals surface area contributed by atoms with Crippen LogP contribution < -0.4 is 10.1 Å². The van der Waals surface area contributed by atoms with Crippen LogP contribution in [0.2, 0.25) is 0 Å². The average molecular weight is 197 g/mol. The molecule has 0 aliphatic heterocycles. The molecule has 0 aliphatic rings. The van der Waals surface area contributed by atoms with E-state index in [0.29, 0.717) is 11.3 Å². The highest BCUT2D eigenvalue weighted by atomic mass is 19.1. The molecule has 0 aromatic heterocycles. The van der Waals surface area contributed by atoms with Crippen LogP contribution in [0.5, 0.6) is 5.75 Å². The summed E-state index contributed by atoms with van der Waals surface area (Å²) in [4.78, 5) is 11.2. The molecule has 1 aromatic rings. The summed E-state index contributed by atoms with van der Waals surface area (Å²) < 4.78 is 18.3. The highest BCUT2D eigenvalue weighted by Crippen LogP contribution is 2.21. The molecule has 0 saturated carbocycles. The third-order valence-corrected chi connectivity index (χ3v) is 1.96. The van der Waals surface area contributed by atoms with Crippen molar-refractivity contribution in [1.29, 1.82) is 0 Å². The number of amides is 1. The topological polar surface area (TPSA) is 38.3 Å². The molecule has 3 nitrogen and oxygen atoms in total. The molecular formula is C10H12FNO2. The fraction of sp³-hybridized carbons (Fsp3) is 0.300. The van der Waals surface area contributed by atoms with Gasteiger partial charge in [-0.05, 0) is 24.6 Å². The van der Waals surface area contributed by atoms with Crippen LogP contribution in [0, 0.1) is 12.7 Å². The second-order valence-electron chi connectivity index (χ2n) is 2.88. The van der Waals surface area contributed by atoms with Gasteiger partial charge in [0.25, 0.3) is 5.91 Å². The van der Waals surface area contributed by atoms with E-state index in [1.54, 1.807) is 6.92 Å². The van der Waals surface area contributed by atoms with Gasteiger partial charge in [0.15, 0.2) is 0 Å². The van der Waals surface area contributed by atoms with Crippen molar-refractivity contribution in [2.45, 2.75) is 6.92 Å². The number of benzene rings is 1. The number of carbonyl (C=O) groups is 1. The fourth-order valence-corrected chi connectivity index (χ4v) is 1.18. The van der Waals surface area contributed by atoms with Gasteiger partial charge in [0.2, 0.25) is 0 Å². The Bertz CT molecular complexity index is 363. The van der Waals surface area contributed by atoms with Gasteiger partial charge in [0.05, 0.1) is 12.7 Å². The van der Waals surface area contributed by atoms with Gasteiger partial charge in [-0.15, -0.1) is 0 Å². The van der Waals surface area contributed by atoms with Gasteiger partial charge in [-0.3, -0.25) is 4.79 Å². The van der Waals surface area contributed by atoms with E-state index in [0.717, 1.165) is 0 Å². The second kappa shape index (κ2) is 4.09. The molecule has 0 aliphatic carbocycles. The van der Waals surface area contributed by atoms with Crippen molar-refractivity contribution in [2.75, 3.05) is 14.2 Å². The lowest BCUT2D eigenvalue weighted by atomic mass is 10.1. The van der Waals surface area contributed by atoms with Crippen molar-refractivity contribution in [3.63, 3.8) is 0 Å². The summed E-state index contributed by atoms with van der Waals surface area (Å²) in [6, 6.07) is 2.67. The summed E-state index contributed by atoms with van der Waals surface area (Å²) in [6.45, 7) is 1.72. The summed E-state index contributed by atoms with van der Waals surface area (Å²) >= 11 is 0. The SMILES string of the molecule is CNC(=O)c1cc(OC)c(C)cc1F.